The molecule has 0 atom stereocenters. The van der Waals surface area contributed by atoms with Gasteiger partial charge in [0.15, 0.2) is 11.5 Å². The molecule has 1 aromatic rings. The van der Waals surface area contributed by atoms with Gasteiger partial charge in [0.2, 0.25) is 5.75 Å². The molecule has 2 N–H and O–H groups in total. The highest BCUT2D eigenvalue weighted by molar-refractivity contribution is 5.66. The van der Waals surface area contributed by atoms with Gasteiger partial charge in [-0.1, -0.05) is 6.07 Å². The molecule has 0 radical (unpaired) electrons. The second kappa shape index (κ2) is 7.48. The molecule has 0 aliphatic rings. The maximum absolute atomic E-state index is 10.4. The molecule has 19 heavy (non-hydrogen) atoms. The Bertz CT molecular complexity index is 433. The van der Waals surface area contributed by atoms with E-state index in [1.807, 2.05) is 6.07 Å². The summed E-state index contributed by atoms with van der Waals surface area (Å²) in [4.78, 5) is 10.4. The highest BCUT2D eigenvalue weighted by atomic mass is 16.5. The van der Waals surface area contributed by atoms with Crippen molar-refractivity contribution in [3.63, 3.8) is 0 Å². The zero-order valence-electron chi connectivity index (χ0n) is 11.4. The zero-order chi connectivity index (χ0) is 14.3. The second-order valence-electron chi connectivity index (χ2n) is 3.81. The second-order valence-corrected chi connectivity index (χ2v) is 3.81. The molecule has 1 aromatic carbocycles. The lowest BCUT2D eigenvalue weighted by Gasteiger charge is -2.15. The summed E-state index contributed by atoms with van der Waals surface area (Å²) < 4.78 is 15.8. The average molecular weight is 269 g/mol. The third-order valence-electron chi connectivity index (χ3n) is 2.62. The van der Waals surface area contributed by atoms with Crippen molar-refractivity contribution in [1.29, 1.82) is 0 Å². The Labute approximate surface area is 112 Å². The Balaban J connectivity index is 2.80. The van der Waals surface area contributed by atoms with Gasteiger partial charge in [-0.3, -0.25) is 4.79 Å². The first-order chi connectivity index (χ1) is 9.13. The normalized spacial score (nSPS) is 10.1. The van der Waals surface area contributed by atoms with E-state index in [2.05, 4.69) is 5.32 Å². The van der Waals surface area contributed by atoms with Crippen molar-refractivity contribution < 1.29 is 24.1 Å². The molecule has 6 nitrogen and oxygen atoms in total. The fraction of sp³-hybridized carbons (Fsp3) is 0.462. The van der Waals surface area contributed by atoms with Crippen LogP contribution >= 0.6 is 0 Å². The van der Waals surface area contributed by atoms with Crippen LogP contribution in [0, 0.1) is 0 Å². The number of benzene rings is 1. The predicted molar refractivity (Wildman–Crippen MR) is 70.1 cm³/mol. The first-order valence-electron chi connectivity index (χ1n) is 5.84. The molecule has 6 heteroatoms. The van der Waals surface area contributed by atoms with Gasteiger partial charge in [-0.15, -0.1) is 0 Å². The van der Waals surface area contributed by atoms with Gasteiger partial charge in [0.05, 0.1) is 27.8 Å². The number of nitrogens with one attached hydrogen (secondary N) is 1. The summed E-state index contributed by atoms with van der Waals surface area (Å²) in [6.45, 7) is 0.892. The molecule has 0 spiro atoms. The summed E-state index contributed by atoms with van der Waals surface area (Å²) in [5.74, 6) is 0.882. The SMILES string of the molecule is COc1ccc(CNCCC(=O)O)c(OC)c1OC. The van der Waals surface area contributed by atoms with E-state index in [-0.39, 0.29) is 6.42 Å². The van der Waals surface area contributed by atoms with E-state index in [1.165, 1.54) is 0 Å². The van der Waals surface area contributed by atoms with Crippen LogP contribution in [0.1, 0.15) is 12.0 Å². The molecular formula is C13H19NO5. The van der Waals surface area contributed by atoms with Crippen LogP contribution in [0.15, 0.2) is 12.1 Å². The van der Waals surface area contributed by atoms with Gasteiger partial charge in [-0.25, -0.2) is 0 Å². The van der Waals surface area contributed by atoms with E-state index >= 15 is 0 Å². The van der Waals surface area contributed by atoms with E-state index in [4.69, 9.17) is 19.3 Å². The lowest BCUT2D eigenvalue weighted by molar-refractivity contribution is -0.136. The summed E-state index contributed by atoms with van der Waals surface area (Å²) in [6, 6.07) is 3.64. The fourth-order valence-corrected chi connectivity index (χ4v) is 1.72. The molecule has 106 valence electrons. The van der Waals surface area contributed by atoms with Crippen LogP contribution < -0.4 is 19.5 Å². The number of ether oxygens (including phenoxy) is 3. The summed E-state index contributed by atoms with van der Waals surface area (Å²) in [7, 11) is 4.65. The Morgan fingerprint density at radius 1 is 1.16 bits per heavy atom. The van der Waals surface area contributed by atoms with Crippen molar-refractivity contribution in [2.75, 3.05) is 27.9 Å². The minimum atomic E-state index is -0.827. The Hall–Kier alpha value is -1.95. The minimum Gasteiger partial charge on any atom is -0.493 e. The summed E-state index contributed by atoms with van der Waals surface area (Å²) >= 11 is 0. The minimum absolute atomic E-state index is 0.0790. The van der Waals surface area contributed by atoms with Crippen molar-refractivity contribution in [2.24, 2.45) is 0 Å². The van der Waals surface area contributed by atoms with Gasteiger partial charge in [-0.2, -0.15) is 0 Å². The highest BCUT2D eigenvalue weighted by Crippen LogP contribution is 2.39. The summed E-state index contributed by atoms with van der Waals surface area (Å²) in [5.41, 5.74) is 0.880. The van der Waals surface area contributed by atoms with Crippen molar-refractivity contribution in [3.8, 4) is 17.2 Å². The van der Waals surface area contributed by atoms with Crippen LogP contribution in [0.3, 0.4) is 0 Å². The van der Waals surface area contributed by atoms with E-state index in [9.17, 15) is 4.79 Å². The predicted octanol–water partition coefficient (Wildman–Crippen LogP) is 1.28. The number of rotatable bonds is 8. The lowest BCUT2D eigenvalue weighted by Crippen LogP contribution is -2.18. The number of aliphatic carboxylic acids is 1. The quantitative estimate of drug-likeness (QED) is 0.692. The maximum Gasteiger partial charge on any atom is 0.304 e. The van der Waals surface area contributed by atoms with Gasteiger partial charge in [0, 0.05) is 18.7 Å². The van der Waals surface area contributed by atoms with E-state index in [0.717, 1.165) is 5.56 Å². The number of hydrogen-bond donors (Lipinski definition) is 2. The first kappa shape index (κ1) is 15.1. The van der Waals surface area contributed by atoms with Gasteiger partial charge in [0.1, 0.15) is 0 Å². The van der Waals surface area contributed by atoms with Gasteiger partial charge < -0.3 is 24.6 Å². The van der Waals surface area contributed by atoms with Crippen molar-refractivity contribution in [1.82, 2.24) is 5.32 Å². The smallest absolute Gasteiger partial charge is 0.304 e. The van der Waals surface area contributed by atoms with Crippen LogP contribution in [-0.4, -0.2) is 38.9 Å². The van der Waals surface area contributed by atoms with Crippen LogP contribution in [-0.2, 0) is 11.3 Å². The lowest BCUT2D eigenvalue weighted by atomic mass is 10.1. The van der Waals surface area contributed by atoms with E-state index in [1.54, 1.807) is 27.4 Å². The third-order valence-corrected chi connectivity index (χ3v) is 2.62. The molecule has 0 aliphatic heterocycles. The van der Waals surface area contributed by atoms with Crippen molar-refractivity contribution in [3.05, 3.63) is 17.7 Å². The summed E-state index contributed by atoms with van der Waals surface area (Å²) in [6.07, 6.45) is 0.0790. The topological polar surface area (TPSA) is 77.0 Å². The number of hydrogen-bond acceptors (Lipinski definition) is 5. The Morgan fingerprint density at radius 3 is 2.37 bits per heavy atom. The molecule has 0 saturated heterocycles. The van der Waals surface area contributed by atoms with Gasteiger partial charge in [0.25, 0.3) is 0 Å². The Morgan fingerprint density at radius 2 is 1.84 bits per heavy atom. The first-order valence-corrected chi connectivity index (χ1v) is 5.84. The maximum atomic E-state index is 10.4. The van der Waals surface area contributed by atoms with Crippen LogP contribution in [0.25, 0.3) is 0 Å². The molecular weight excluding hydrogens is 250 g/mol. The molecule has 0 amide bonds. The van der Waals surface area contributed by atoms with Crippen LogP contribution in [0.5, 0.6) is 17.2 Å². The molecule has 0 unspecified atom stereocenters. The zero-order valence-corrected chi connectivity index (χ0v) is 11.4. The van der Waals surface area contributed by atoms with E-state index in [0.29, 0.717) is 30.3 Å². The van der Waals surface area contributed by atoms with Gasteiger partial charge in [-0.05, 0) is 6.07 Å². The monoisotopic (exact) mass is 269 g/mol. The standard InChI is InChI=1S/C13H19NO5/c1-17-10-5-4-9(8-14-7-6-11(15)16)12(18-2)13(10)19-3/h4-5,14H,6-8H2,1-3H3,(H,15,16). The number of carboxylic acid groups (broad SMARTS) is 1. The fourth-order valence-electron chi connectivity index (χ4n) is 1.72. The Kier molecular flexibility index (Phi) is 5.95. The van der Waals surface area contributed by atoms with Crippen molar-refractivity contribution in [2.45, 2.75) is 13.0 Å². The third kappa shape index (κ3) is 4.03. The van der Waals surface area contributed by atoms with E-state index < -0.39 is 5.97 Å². The van der Waals surface area contributed by atoms with Crippen molar-refractivity contribution >= 4 is 5.97 Å². The van der Waals surface area contributed by atoms with Crippen LogP contribution in [0.2, 0.25) is 0 Å². The van der Waals surface area contributed by atoms with Gasteiger partial charge >= 0.3 is 5.97 Å². The molecule has 0 aliphatic carbocycles. The number of carboxylic acids is 1. The molecule has 0 bridgehead atoms. The number of methoxy groups -OCH3 is 3. The largest absolute Gasteiger partial charge is 0.493 e. The highest BCUT2D eigenvalue weighted by Gasteiger charge is 2.15. The summed E-state index contributed by atoms with van der Waals surface area (Å²) in [5, 5.41) is 11.6. The average Bonchev–Trinajstić information content (AvgIpc) is 2.42. The molecule has 0 fully saturated rings. The molecule has 0 saturated carbocycles. The number of carbonyl (C=O) groups is 1. The molecule has 0 aromatic heterocycles. The molecule has 0 heterocycles. The van der Waals surface area contributed by atoms with Crippen LogP contribution in [0.4, 0.5) is 0 Å². The molecule has 1 rings (SSSR count).